The molecule has 2 N–H and O–H groups in total. The lowest BCUT2D eigenvalue weighted by molar-refractivity contribution is -0.126. The SMILES string of the molecule is CONC1CCCCNC1=O. The quantitative estimate of drug-likeness (QED) is 0.547. The van der Waals surface area contributed by atoms with Crippen molar-refractivity contribution in [1.82, 2.24) is 10.8 Å². The van der Waals surface area contributed by atoms with Crippen LogP contribution in [0.4, 0.5) is 0 Å². The van der Waals surface area contributed by atoms with Crippen molar-refractivity contribution < 1.29 is 9.63 Å². The molecule has 4 nitrogen and oxygen atoms in total. The van der Waals surface area contributed by atoms with Crippen LogP contribution in [0.2, 0.25) is 0 Å². The lowest BCUT2D eigenvalue weighted by Crippen LogP contribution is -2.42. The molecule has 0 spiro atoms. The molecule has 4 heteroatoms. The second kappa shape index (κ2) is 4.31. The van der Waals surface area contributed by atoms with Gasteiger partial charge in [-0.05, 0) is 19.3 Å². The molecule has 0 radical (unpaired) electrons. The molecular formula is C7H14N2O2. The van der Waals surface area contributed by atoms with E-state index in [4.69, 9.17) is 4.84 Å². The number of hydrogen-bond donors (Lipinski definition) is 2. The third-order valence-electron chi connectivity index (χ3n) is 1.80. The van der Waals surface area contributed by atoms with Gasteiger partial charge in [-0.15, -0.1) is 0 Å². The predicted octanol–water partition coefficient (Wildman–Crippen LogP) is -0.194. The molecule has 64 valence electrons. The van der Waals surface area contributed by atoms with Gasteiger partial charge in [-0.2, -0.15) is 5.48 Å². The minimum atomic E-state index is -0.164. The topological polar surface area (TPSA) is 50.4 Å². The van der Waals surface area contributed by atoms with Crippen LogP contribution < -0.4 is 10.8 Å². The molecule has 1 heterocycles. The fourth-order valence-corrected chi connectivity index (χ4v) is 1.19. The number of amides is 1. The average Bonchev–Trinajstić information content (AvgIpc) is 2.18. The molecule has 0 aromatic carbocycles. The Morgan fingerprint density at radius 3 is 3.18 bits per heavy atom. The molecule has 0 bridgehead atoms. The van der Waals surface area contributed by atoms with Gasteiger partial charge in [-0.25, -0.2) is 0 Å². The first-order valence-corrected chi connectivity index (χ1v) is 3.91. The van der Waals surface area contributed by atoms with Crippen molar-refractivity contribution in [3.05, 3.63) is 0 Å². The Morgan fingerprint density at radius 1 is 1.64 bits per heavy atom. The van der Waals surface area contributed by atoms with Gasteiger partial charge in [0.25, 0.3) is 0 Å². The Hall–Kier alpha value is -0.610. The first kappa shape index (κ1) is 8.49. The van der Waals surface area contributed by atoms with Crippen LogP contribution in [0.25, 0.3) is 0 Å². The van der Waals surface area contributed by atoms with E-state index in [0.717, 1.165) is 25.8 Å². The Bertz CT molecular complexity index is 138. The molecule has 1 amide bonds. The van der Waals surface area contributed by atoms with Crippen LogP contribution in [-0.4, -0.2) is 25.6 Å². The first-order valence-electron chi connectivity index (χ1n) is 3.91. The summed E-state index contributed by atoms with van der Waals surface area (Å²) in [5, 5.41) is 2.80. The molecule has 1 saturated heterocycles. The summed E-state index contributed by atoms with van der Waals surface area (Å²) in [6.07, 6.45) is 2.99. The average molecular weight is 158 g/mol. The Balaban J connectivity index is 2.39. The van der Waals surface area contributed by atoms with Crippen LogP contribution in [0.3, 0.4) is 0 Å². The Labute approximate surface area is 66.3 Å². The molecular weight excluding hydrogens is 144 g/mol. The highest BCUT2D eigenvalue weighted by molar-refractivity contribution is 5.81. The molecule has 1 aliphatic heterocycles. The number of rotatable bonds is 2. The lowest BCUT2D eigenvalue weighted by Gasteiger charge is -2.12. The fourth-order valence-electron chi connectivity index (χ4n) is 1.19. The van der Waals surface area contributed by atoms with Crippen molar-refractivity contribution in [3.8, 4) is 0 Å². The van der Waals surface area contributed by atoms with E-state index in [1.54, 1.807) is 0 Å². The van der Waals surface area contributed by atoms with Crippen LogP contribution in [0.15, 0.2) is 0 Å². The highest BCUT2D eigenvalue weighted by Crippen LogP contribution is 2.04. The minimum absolute atomic E-state index is 0.0457. The maximum atomic E-state index is 11.2. The Kier molecular flexibility index (Phi) is 3.32. The maximum Gasteiger partial charge on any atom is 0.239 e. The summed E-state index contributed by atoms with van der Waals surface area (Å²) < 4.78 is 0. The van der Waals surface area contributed by atoms with Gasteiger partial charge in [-0.1, -0.05) is 0 Å². The van der Waals surface area contributed by atoms with Gasteiger partial charge in [0.15, 0.2) is 0 Å². The molecule has 11 heavy (non-hydrogen) atoms. The van der Waals surface area contributed by atoms with E-state index in [9.17, 15) is 4.79 Å². The summed E-state index contributed by atoms with van der Waals surface area (Å²) in [5.74, 6) is 0.0457. The maximum absolute atomic E-state index is 11.2. The Morgan fingerprint density at radius 2 is 2.45 bits per heavy atom. The number of hydroxylamine groups is 1. The van der Waals surface area contributed by atoms with E-state index in [1.165, 1.54) is 7.11 Å². The van der Waals surface area contributed by atoms with E-state index in [1.807, 2.05) is 0 Å². The number of carbonyl (C=O) groups is 1. The van der Waals surface area contributed by atoms with Crippen LogP contribution in [-0.2, 0) is 9.63 Å². The number of carbonyl (C=O) groups excluding carboxylic acids is 1. The van der Waals surface area contributed by atoms with Crippen molar-refractivity contribution in [1.29, 1.82) is 0 Å². The third kappa shape index (κ3) is 2.48. The van der Waals surface area contributed by atoms with E-state index in [0.29, 0.717) is 0 Å². The summed E-state index contributed by atoms with van der Waals surface area (Å²) in [4.78, 5) is 15.8. The van der Waals surface area contributed by atoms with Crippen molar-refractivity contribution in [2.75, 3.05) is 13.7 Å². The van der Waals surface area contributed by atoms with Crippen molar-refractivity contribution in [2.45, 2.75) is 25.3 Å². The van der Waals surface area contributed by atoms with E-state index in [-0.39, 0.29) is 11.9 Å². The fraction of sp³-hybridized carbons (Fsp3) is 0.857. The summed E-state index contributed by atoms with van der Waals surface area (Å²) in [5.41, 5.74) is 2.66. The number of hydrogen-bond acceptors (Lipinski definition) is 3. The largest absolute Gasteiger partial charge is 0.355 e. The normalized spacial score (nSPS) is 25.9. The summed E-state index contributed by atoms with van der Waals surface area (Å²) >= 11 is 0. The van der Waals surface area contributed by atoms with Gasteiger partial charge in [0, 0.05) is 6.54 Å². The molecule has 1 aliphatic rings. The zero-order valence-corrected chi connectivity index (χ0v) is 6.72. The van der Waals surface area contributed by atoms with Crippen molar-refractivity contribution >= 4 is 5.91 Å². The second-order valence-electron chi connectivity index (χ2n) is 2.66. The first-order chi connectivity index (χ1) is 5.34. The molecule has 1 rings (SSSR count). The van der Waals surface area contributed by atoms with Gasteiger partial charge in [-0.3, -0.25) is 4.79 Å². The molecule has 0 aromatic rings. The molecule has 1 fully saturated rings. The highest BCUT2D eigenvalue weighted by atomic mass is 16.6. The third-order valence-corrected chi connectivity index (χ3v) is 1.80. The lowest BCUT2D eigenvalue weighted by atomic mass is 10.1. The molecule has 0 saturated carbocycles. The monoisotopic (exact) mass is 158 g/mol. The smallest absolute Gasteiger partial charge is 0.239 e. The van der Waals surface area contributed by atoms with Gasteiger partial charge >= 0.3 is 0 Å². The molecule has 1 unspecified atom stereocenters. The highest BCUT2D eigenvalue weighted by Gasteiger charge is 2.19. The van der Waals surface area contributed by atoms with Crippen LogP contribution >= 0.6 is 0 Å². The van der Waals surface area contributed by atoms with E-state index in [2.05, 4.69) is 10.8 Å². The molecule has 0 aromatic heterocycles. The van der Waals surface area contributed by atoms with E-state index < -0.39 is 0 Å². The molecule has 0 aliphatic carbocycles. The zero-order valence-electron chi connectivity index (χ0n) is 6.72. The predicted molar refractivity (Wildman–Crippen MR) is 40.8 cm³/mol. The van der Waals surface area contributed by atoms with Gasteiger partial charge in [0.1, 0.15) is 6.04 Å². The minimum Gasteiger partial charge on any atom is -0.355 e. The van der Waals surface area contributed by atoms with Gasteiger partial charge < -0.3 is 10.2 Å². The van der Waals surface area contributed by atoms with Crippen LogP contribution in [0.5, 0.6) is 0 Å². The van der Waals surface area contributed by atoms with Crippen molar-refractivity contribution in [2.24, 2.45) is 0 Å². The number of nitrogens with one attached hydrogen (secondary N) is 2. The standard InChI is InChI=1S/C7H14N2O2/c1-11-9-6-4-2-3-5-8-7(6)10/h6,9H,2-5H2,1H3,(H,8,10). The van der Waals surface area contributed by atoms with Crippen LogP contribution in [0, 0.1) is 0 Å². The van der Waals surface area contributed by atoms with E-state index >= 15 is 0 Å². The zero-order chi connectivity index (χ0) is 8.10. The summed E-state index contributed by atoms with van der Waals surface area (Å²) in [6, 6.07) is -0.164. The van der Waals surface area contributed by atoms with Gasteiger partial charge in [0.2, 0.25) is 5.91 Å². The van der Waals surface area contributed by atoms with Gasteiger partial charge in [0.05, 0.1) is 7.11 Å². The second-order valence-corrected chi connectivity index (χ2v) is 2.66. The summed E-state index contributed by atoms with van der Waals surface area (Å²) in [6.45, 7) is 0.792. The summed E-state index contributed by atoms with van der Waals surface area (Å²) in [7, 11) is 1.53. The van der Waals surface area contributed by atoms with Crippen LogP contribution in [0.1, 0.15) is 19.3 Å². The van der Waals surface area contributed by atoms with Crippen molar-refractivity contribution in [3.63, 3.8) is 0 Å². The molecule has 1 atom stereocenters.